The van der Waals surface area contributed by atoms with Gasteiger partial charge in [-0.1, -0.05) is 89.4 Å². The number of halogens is 3. The number of carbonyl (C=O) groups excluding carboxylic acids is 2. The molecule has 1 atom stereocenters. The van der Waals surface area contributed by atoms with Crippen LogP contribution in [0.3, 0.4) is 0 Å². The second kappa shape index (κ2) is 13.3. The lowest BCUT2D eigenvalue weighted by atomic mass is 10.0. The highest BCUT2D eigenvalue weighted by Crippen LogP contribution is 2.34. The fourth-order valence-electron chi connectivity index (χ4n) is 3.94. The molecule has 0 aliphatic rings. The van der Waals surface area contributed by atoms with E-state index >= 15 is 0 Å². The van der Waals surface area contributed by atoms with Gasteiger partial charge in [0.15, 0.2) is 0 Å². The van der Waals surface area contributed by atoms with Crippen LogP contribution < -0.4 is 9.62 Å². The molecular formula is C27H28Cl3N3O4S. The van der Waals surface area contributed by atoms with Crippen molar-refractivity contribution in [3.8, 4) is 0 Å². The number of nitrogens with zero attached hydrogens (tertiary/aromatic N) is 2. The van der Waals surface area contributed by atoms with E-state index in [4.69, 9.17) is 34.8 Å². The highest BCUT2D eigenvalue weighted by molar-refractivity contribution is 7.92. The molecule has 3 rings (SSSR count). The molecule has 0 saturated carbocycles. The van der Waals surface area contributed by atoms with Crippen LogP contribution >= 0.6 is 34.8 Å². The summed E-state index contributed by atoms with van der Waals surface area (Å²) in [7, 11) is -3.97. The summed E-state index contributed by atoms with van der Waals surface area (Å²) in [5.41, 5.74) is 1.50. The predicted molar refractivity (Wildman–Crippen MR) is 153 cm³/mol. The third-order valence-corrected chi connectivity index (χ3v) is 8.10. The largest absolute Gasteiger partial charge is 0.355 e. The molecule has 38 heavy (non-hydrogen) atoms. The van der Waals surface area contributed by atoms with Crippen molar-refractivity contribution in [3.63, 3.8) is 0 Å². The van der Waals surface area contributed by atoms with E-state index in [9.17, 15) is 18.0 Å². The molecule has 2 amide bonds. The van der Waals surface area contributed by atoms with Crippen LogP contribution in [0.25, 0.3) is 0 Å². The molecule has 0 fully saturated rings. The molecule has 0 spiro atoms. The molecule has 0 heterocycles. The van der Waals surface area contributed by atoms with Crippen molar-refractivity contribution >= 4 is 62.3 Å². The van der Waals surface area contributed by atoms with Crippen LogP contribution in [0, 0.1) is 0 Å². The van der Waals surface area contributed by atoms with Crippen molar-refractivity contribution in [2.75, 3.05) is 23.7 Å². The SMILES string of the molecule is CCNC(=O)C(Cc1ccccc1)N(Cc1ccccc1Cl)C(=O)CN(c1cccc(Cl)c1Cl)S(C)(=O)=O. The Labute approximate surface area is 238 Å². The maximum atomic E-state index is 13.9. The van der Waals surface area contributed by atoms with Crippen molar-refractivity contribution in [2.45, 2.75) is 25.9 Å². The molecule has 0 aliphatic heterocycles. The minimum absolute atomic E-state index is 0.00499. The van der Waals surface area contributed by atoms with Crippen LogP contribution in [0.1, 0.15) is 18.1 Å². The number of amides is 2. The molecule has 0 radical (unpaired) electrons. The van der Waals surface area contributed by atoms with Gasteiger partial charge in [0, 0.05) is 24.5 Å². The summed E-state index contributed by atoms with van der Waals surface area (Å²) < 4.78 is 26.5. The molecule has 3 aromatic carbocycles. The first-order valence-electron chi connectivity index (χ1n) is 11.8. The second-order valence-corrected chi connectivity index (χ2v) is 11.7. The Morgan fingerprint density at radius 3 is 2.16 bits per heavy atom. The van der Waals surface area contributed by atoms with E-state index in [0.717, 1.165) is 16.1 Å². The summed E-state index contributed by atoms with van der Waals surface area (Å²) in [5, 5.41) is 3.35. The zero-order chi connectivity index (χ0) is 27.9. The molecule has 202 valence electrons. The number of rotatable bonds is 11. The minimum atomic E-state index is -3.97. The van der Waals surface area contributed by atoms with Gasteiger partial charge in [-0.3, -0.25) is 13.9 Å². The van der Waals surface area contributed by atoms with Crippen molar-refractivity contribution < 1.29 is 18.0 Å². The van der Waals surface area contributed by atoms with Gasteiger partial charge in [-0.15, -0.1) is 0 Å². The third kappa shape index (κ3) is 7.63. The van der Waals surface area contributed by atoms with Crippen molar-refractivity contribution in [2.24, 2.45) is 0 Å². The molecule has 0 saturated heterocycles. The summed E-state index contributed by atoms with van der Waals surface area (Å²) in [5.74, 6) is -0.984. The Morgan fingerprint density at radius 2 is 1.53 bits per heavy atom. The van der Waals surface area contributed by atoms with Crippen LogP contribution in [0.5, 0.6) is 0 Å². The summed E-state index contributed by atoms with van der Waals surface area (Å²) in [6.45, 7) is 1.51. The molecule has 0 aliphatic carbocycles. The molecule has 1 N–H and O–H groups in total. The molecule has 3 aromatic rings. The number of anilines is 1. The van der Waals surface area contributed by atoms with Crippen LogP contribution in [0.15, 0.2) is 72.8 Å². The van der Waals surface area contributed by atoms with Gasteiger partial charge in [-0.05, 0) is 36.2 Å². The smallest absolute Gasteiger partial charge is 0.244 e. The van der Waals surface area contributed by atoms with Gasteiger partial charge in [0.05, 0.1) is 22.0 Å². The lowest BCUT2D eigenvalue weighted by Crippen LogP contribution is -2.53. The number of likely N-dealkylation sites (N-methyl/N-ethyl adjacent to an activating group) is 1. The topological polar surface area (TPSA) is 86.8 Å². The number of carbonyl (C=O) groups is 2. The van der Waals surface area contributed by atoms with E-state index in [1.165, 1.54) is 17.0 Å². The predicted octanol–water partition coefficient (Wildman–Crippen LogP) is 5.19. The van der Waals surface area contributed by atoms with Crippen LogP contribution in [0.4, 0.5) is 5.69 Å². The maximum absolute atomic E-state index is 13.9. The first-order chi connectivity index (χ1) is 18.0. The maximum Gasteiger partial charge on any atom is 0.244 e. The summed E-state index contributed by atoms with van der Waals surface area (Å²) in [4.78, 5) is 28.6. The normalized spacial score (nSPS) is 12.0. The van der Waals surface area contributed by atoms with E-state index in [0.29, 0.717) is 17.1 Å². The fourth-order valence-corrected chi connectivity index (χ4v) is 5.43. The number of benzene rings is 3. The fraction of sp³-hybridized carbons (Fsp3) is 0.259. The van der Waals surface area contributed by atoms with Crippen molar-refractivity contribution in [3.05, 3.63) is 99.0 Å². The lowest BCUT2D eigenvalue weighted by molar-refractivity contribution is -0.140. The van der Waals surface area contributed by atoms with Crippen LogP contribution in [0.2, 0.25) is 15.1 Å². The number of hydrogen-bond acceptors (Lipinski definition) is 4. The van der Waals surface area contributed by atoms with E-state index < -0.39 is 28.5 Å². The zero-order valence-corrected chi connectivity index (χ0v) is 24.0. The highest BCUT2D eigenvalue weighted by Gasteiger charge is 2.33. The molecule has 0 bridgehead atoms. The van der Waals surface area contributed by atoms with Gasteiger partial charge in [0.25, 0.3) is 0 Å². The quantitative estimate of drug-likeness (QED) is 0.330. The van der Waals surface area contributed by atoms with Gasteiger partial charge in [-0.2, -0.15) is 0 Å². The van der Waals surface area contributed by atoms with E-state index in [-0.39, 0.29) is 34.6 Å². The molecule has 1 unspecified atom stereocenters. The Kier molecular flexibility index (Phi) is 10.4. The Hall–Kier alpha value is -2.78. The minimum Gasteiger partial charge on any atom is -0.355 e. The van der Waals surface area contributed by atoms with Crippen molar-refractivity contribution in [1.29, 1.82) is 0 Å². The monoisotopic (exact) mass is 595 g/mol. The summed E-state index contributed by atoms with van der Waals surface area (Å²) in [6.07, 6.45) is 1.18. The first-order valence-corrected chi connectivity index (χ1v) is 14.8. The van der Waals surface area contributed by atoms with E-state index in [1.54, 1.807) is 37.3 Å². The summed E-state index contributed by atoms with van der Waals surface area (Å²) in [6, 6.07) is 19.8. The highest BCUT2D eigenvalue weighted by atomic mass is 35.5. The number of sulfonamides is 1. The van der Waals surface area contributed by atoms with E-state index in [1.807, 2.05) is 30.3 Å². The number of hydrogen-bond donors (Lipinski definition) is 1. The lowest BCUT2D eigenvalue weighted by Gasteiger charge is -2.33. The summed E-state index contributed by atoms with van der Waals surface area (Å²) >= 11 is 18.9. The van der Waals surface area contributed by atoms with Crippen LogP contribution in [-0.2, 0) is 32.6 Å². The molecular weight excluding hydrogens is 569 g/mol. The third-order valence-electron chi connectivity index (χ3n) is 5.80. The van der Waals surface area contributed by atoms with Gasteiger partial charge in [0.1, 0.15) is 12.6 Å². The first kappa shape index (κ1) is 29.8. The molecule has 7 nitrogen and oxygen atoms in total. The van der Waals surface area contributed by atoms with E-state index in [2.05, 4.69) is 5.32 Å². The standard InChI is InChI=1S/C27H28Cl3N3O4S/c1-3-31-27(35)24(16-19-10-5-4-6-11-19)32(17-20-12-7-8-13-21(20)28)25(34)18-33(38(2,36)37)23-15-9-14-22(29)26(23)30/h4-15,24H,3,16-18H2,1-2H3,(H,31,35). The average Bonchev–Trinajstić information content (AvgIpc) is 2.87. The molecule has 11 heteroatoms. The van der Waals surface area contributed by atoms with Gasteiger partial charge < -0.3 is 10.2 Å². The number of nitrogens with one attached hydrogen (secondary N) is 1. The second-order valence-electron chi connectivity index (χ2n) is 8.56. The Morgan fingerprint density at radius 1 is 0.895 bits per heavy atom. The van der Waals surface area contributed by atoms with Gasteiger partial charge in [-0.25, -0.2) is 8.42 Å². The Bertz CT molecular complexity index is 1390. The molecule has 0 aromatic heterocycles. The Balaban J connectivity index is 2.08. The van der Waals surface area contributed by atoms with Gasteiger partial charge >= 0.3 is 0 Å². The van der Waals surface area contributed by atoms with Crippen molar-refractivity contribution in [1.82, 2.24) is 10.2 Å². The zero-order valence-electron chi connectivity index (χ0n) is 20.9. The van der Waals surface area contributed by atoms with Crippen LogP contribution in [-0.4, -0.2) is 50.5 Å². The average molecular weight is 597 g/mol. The van der Waals surface area contributed by atoms with Gasteiger partial charge in [0.2, 0.25) is 21.8 Å².